The third-order valence-electron chi connectivity index (χ3n) is 4.34. The minimum Gasteiger partial charge on any atom is -0.396 e. The van der Waals surface area contributed by atoms with Gasteiger partial charge in [0.05, 0.1) is 5.56 Å². The molecule has 1 unspecified atom stereocenters. The molecule has 1 aromatic rings. The minimum atomic E-state index is -0.496. The standard InChI is InChI=1S/C17H24FNO2/c1-12-7-8-15(18)14(11-12)17(21)19-16(9-10-20)13-5-3-2-4-6-13/h7-8,11,13,16,20H,2-6,9-10H2,1H3,(H,19,21). The maximum atomic E-state index is 13.8. The molecule has 0 bridgehead atoms. The van der Waals surface area contributed by atoms with Gasteiger partial charge in [-0.1, -0.05) is 30.9 Å². The number of aliphatic hydroxyl groups is 1. The highest BCUT2D eigenvalue weighted by Crippen LogP contribution is 2.28. The molecule has 1 aliphatic rings. The van der Waals surface area contributed by atoms with E-state index in [-0.39, 0.29) is 24.1 Å². The summed E-state index contributed by atoms with van der Waals surface area (Å²) in [6, 6.07) is 4.48. The first-order chi connectivity index (χ1) is 10.1. The Kier molecular flexibility index (Phi) is 5.74. The molecule has 0 aliphatic heterocycles. The summed E-state index contributed by atoms with van der Waals surface area (Å²) in [4.78, 5) is 12.3. The second-order valence-electron chi connectivity index (χ2n) is 5.97. The topological polar surface area (TPSA) is 49.3 Å². The van der Waals surface area contributed by atoms with E-state index in [9.17, 15) is 14.3 Å². The highest BCUT2D eigenvalue weighted by molar-refractivity contribution is 5.94. The molecule has 1 aliphatic carbocycles. The number of hydrogen-bond acceptors (Lipinski definition) is 2. The summed E-state index contributed by atoms with van der Waals surface area (Å²) in [7, 11) is 0. The second kappa shape index (κ2) is 7.55. The van der Waals surface area contributed by atoms with Crippen LogP contribution < -0.4 is 5.32 Å². The lowest BCUT2D eigenvalue weighted by Gasteiger charge is -2.30. The van der Waals surface area contributed by atoms with Crippen molar-refractivity contribution in [1.82, 2.24) is 5.32 Å². The highest BCUT2D eigenvalue weighted by Gasteiger charge is 2.25. The zero-order chi connectivity index (χ0) is 15.2. The summed E-state index contributed by atoms with van der Waals surface area (Å²) >= 11 is 0. The molecule has 1 fully saturated rings. The van der Waals surface area contributed by atoms with Gasteiger partial charge in [0.1, 0.15) is 5.82 Å². The lowest BCUT2D eigenvalue weighted by Crippen LogP contribution is -2.42. The number of rotatable bonds is 5. The van der Waals surface area contributed by atoms with E-state index in [1.165, 1.54) is 25.3 Å². The maximum absolute atomic E-state index is 13.8. The zero-order valence-corrected chi connectivity index (χ0v) is 12.6. The van der Waals surface area contributed by atoms with Crippen molar-refractivity contribution in [2.24, 2.45) is 5.92 Å². The number of carbonyl (C=O) groups is 1. The van der Waals surface area contributed by atoms with Gasteiger partial charge in [-0.3, -0.25) is 4.79 Å². The zero-order valence-electron chi connectivity index (χ0n) is 12.6. The fraction of sp³-hybridized carbons (Fsp3) is 0.588. The highest BCUT2D eigenvalue weighted by atomic mass is 19.1. The lowest BCUT2D eigenvalue weighted by molar-refractivity contribution is 0.0895. The minimum absolute atomic E-state index is 0.0394. The number of nitrogens with one attached hydrogen (secondary N) is 1. The lowest BCUT2D eigenvalue weighted by atomic mass is 9.82. The normalized spacial score (nSPS) is 17.5. The van der Waals surface area contributed by atoms with Crippen molar-refractivity contribution in [2.75, 3.05) is 6.61 Å². The molecule has 1 atom stereocenters. The molecule has 3 nitrogen and oxygen atoms in total. The van der Waals surface area contributed by atoms with Crippen molar-refractivity contribution >= 4 is 5.91 Å². The van der Waals surface area contributed by atoms with Crippen LogP contribution in [0.2, 0.25) is 0 Å². The fourth-order valence-corrected chi connectivity index (χ4v) is 3.16. The van der Waals surface area contributed by atoms with Gasteiger partial charge in [0.15, 0.2) is 0 Å². The number of amides is 1. The van der Waals surface area contributed by atoms with Crippen LogP contribution in [0, 0.1) is 18.7 Å². The van der Waals surface area contributed by atoms with Crippen LogP contribution in [-0.4, -0.2) is 23.7 Å². The summed E-state index contributed by atoms with van der Waals surface area (Å²) in [5, 5.41) is 12.2. The number of hydrogen-bond donors (Lipinski definition) is 2. The molecule has 4 heteroatoms. The maximum Gasteiger partial charge on any atom is 0.254 e. The van der Waals surface area contributed by atoms with Crippen LogP contribution in [0.1, 0.15) is 54.4 Å². The Morgan fingerprint density at radius 2 is 2.10 bits per heavy atom. The van der Waals surface area contributed by atoms with Gasteiger partial charge in [0, 0.05) is 12.6 Å². The number of carbonyl (C=O) groups excluding carboxylic acids is 1. The predicted octanol–water partition coefficient (Wildman–Crippen LogP) is 3.20. The van der Waals surface area contributed by atoms with Crippen LogP contribution in [0.25, 0.3) is 0 Å². The van der Waals surface area contributed by atoms with Crippen LogP contribution in [0.4, 0.5) is 4.39 Å². The molecule has 0 saturated heterocycles. The van der Waals surface area contributed by atoms with Crippen molar-refractivity contribution in [3.05, 3.63) is 35.1 Å². The summed E-state index contributed by atoms with van der Waals surface area (Å²) in [5.41, 5.74) is 0.951. The van der Waals surface area contributed by atoms with Gasteiger partial charge in [-0.25, -0.2) is 4.39 Å². The number of aryl methyl sites for hydroxylation is 1. The average molecular weight is 293 g/mol. The Morgan fingerprint density at radius 3 is 2.76 bits per heavy atom. The average Bonchev–Trinajstić information content (AvgIpc) is 2.50. The smallest absolute Gasteiger partial charge is 0.254 e. The Balaban J connectivity index is 2.08. The predicted molar refractivity (Wildman–Crippen MR) is 80.7 cm³/mol. The van der Waals surface area contributed by atoms with Crippen LogP contribution in [-0.2, 0) is 0 Å². The molecule has 2 rings (SSSR count). The molecular formula is C17H24FNO2. The van der Waals surface area contributed by atoms with Crippen molar-refractivity contribution in [2.45, 2.75) is 51.5 Å². The van der Waals surface area contributed by atoms with Gasteiger partial charge >= 0.3 is 0 Å². The van der Waals surface area contributed by atoms with Gasteiger partial charge in [-0.15, -0.1) is 0 Å². The number of aliphatic hydroxyl groups excluding tert-OH is 1. The van der Waals surface area contributed by atoms with E-state index < -0.39 is 5.82 Å². The third kappa shape index (κ3) is 4.27. The Bertz CT molecular complexity index is 484. The third-order valence-corrected chi connectivity index (χ3v) is 4.34. The molecular weight excluding hydrogens is 269 g/mol. The van der Waals surface area contributed by atoms with E-state index in [1.807, 2.05) is 6.92 Å². The van der Waals surface area contributed by atoms with E-state index in [0.717, 1.165) is 18.4 Å². The van der Waals surface area contributed by atoms with E-state index >= 15 is 0 Å². The summed E-state index contributed by atoms with van der Waals surface area (Å²) in [6.45, 7) is 1.88. The molecule has 116 valence electrons. The monoisotopic (exact) mass is 293 g/mol. The van der Waals surface area contributed by atoms with Crippen LogP contribution in [0.5, 0.6) is 0 Å². The van der Waals surface area contributed by atoms with E-state index in [1.54, 1.807) is 12.1 Å². The molecule has 1 saturated carbocycles. The molecule has 0 radical (unpaired) electrons. The van der Waals surface area contributed by atoms with Crippen molar-refractivity contribution in [3.63, 3.8) is 0 Å². The van der Waals surface area contributed by atoms with Crippen molar-refractivity contribution < 1.29 is 14.3 Å². The molecule has 0 spiro atoms. The SMILES string of the molecule is Cc1ccc(F)c(C(=O)NC(CCO)C2CCCCC2)c1. The summed E-state index contributed by atoms with van der Waals surface area (Å²) in [6.07, 6.45) is 6.25. The van der Waals surface area contributed by atoms with Crippen LogP contribution in [0.3, 0.4) is 0 Å². The first-order valence-electron chi connectivity index (χ1n) is 7.79. The van der Waals surface area contributed by atoms with Gasteiger partial charge in [0.2, 0.25) is 0 Å². The Hall–Kier alpha value is -1.42. The molecule has 1 aromatic carbocycles. The fourth-order valence-electron chi connectivity index (χ4n) is 3.16. The van der Waals surface area contributed by atoms with E-state index in [2.05, 4.69) is 5.32 Å². The number of benzene rings is 1. The summed E-state index contributed by atoms with van der Waals surface area (Å²) in [5.74, 6) is -0.479. The molecule has 0 aromatic heterocycles. The molecule has 21 heavy (non-hydrogen) atoms. The van der Waals surface area contributed by atoms with E-state index in [0.29, 0.717) is 12.3 Å². The van der Waals surface area contributed by atoms with E-state index in [4.69, 9.17) is 0 Å². The molecule has 1 amide bonds. The van der Waals surface area contributed by atoms with Crippen molar-refractivity contribution in [1.29, 1.82) is 0 Å². The molecule has 0 heterocycles. The van der Waals surface area contributed by atoms with Crippen LogP contribution in [0.15, 0.2) is 18.2 Å². The molecule has 2 N–H and O–H groups in total. The van der Waals surface area contributed by atoms with Crippen LogP contribution >= 0.6 is 0 Å². The van der Waals surface area contributed by atoms with Gasteiger partial charge in [-0.2, -0.15) is 0 Å². The number of halogens is 1. The first kappa shape index (κ1) is 16.0. The first-order valence-corrected chi connectivity index (χ1v) is 7.79. The van der Waals surface area contributed by atoms with Crippen molar-refractivity contribution in [3.8, 4) is 0 Å². The van der Waals surface area contributed by atoms with Gasteiger partial charge in [-0.05, 0) is 44.2 Å². The quantitative estimate of drug-likeness (QED) is 0.876. The Morgan fingerprint density at radius 1 is 1.38 bits per heavy atom. The Labute approximate surface area is 125 Å². The summed E-state index contributed by atoms with van der Waals surface area (Å²) < 4.78 is 13.8. The van der Waals surface area contributed by atoms with Gasteiger partial charge < -0.3 is 10.4 Å². The largest absolute Gasteiger partial charge is 0.396 e. The van der Waals surface area contributed by atoms with Gasteiger partial charge in [0.25, 0.3) is 5.91 Å². The second-order valence-corrected chi connectivity index (χ2v) is 5.97.